The number of aromatic nitrogens is 2. The number of ketones is 1. The molecule has 5 heteroatoms. The molecule has 94 valence electrons. The van der Waals surface area contributed by atoms with E-state index in [2.05, 4.69) is 21.9 Å². The topological polar surface area (TPSA) is 41.4 Å². The number of rotatable bonds is 3. The van der Waals surface area contributed by atoms with E-state index in [0.29, 0.717) is 6.42 Å². The summed E-state index contributed by atoms with van der Waals surface area (Å²) < 4.78 is 1.74. The Labute approximate surface area is 102 Å². The van der Waals surface area contributed by atoms with E-state index < -0.39 is 0 Å². The zero-order valence-electron chi connectivity index (χ0n) is 10.8. The maximum Gasteiger partial charge on any atom is 0.155 e. The summed E-state index contributed by atoms with van der Waals surface area (Å²) in [5.74, 6) is 0.284. The van der Waals surface area contributed by atoms with Crippen LogP contribution in [0.15, 0.2) is 12.4 Å². The van der Waals surface area contributed by atoms with Crippen LogP contribution in [0.2, 0.25) is 0 Å². The Morgan fingerprint density at radius 3 is 2.82 bits per heavy atom. The number of hydrogen-bond acceptors (Lipinski definition) is 4. The lowest BCUT2D eigenvalue weighted by molar-refractivity contribution is -0.125. The third kappa shape index (κ3) is 2.92. The molecule has 0 aromatic carbocycles. The fourth-order valence-electron chi connectivity index (χ4n) is 2.24. The van der Waals surface area contributed by atoms with Gasteiger partial charge < -0.3 is 4.90 Å². The maximum absolute atomic E-state index is 12.2. The Hall–Kier alpha value is -1.20. The summed E-state index contributed by atoms with van der Waals surface area (Å²) in [7, 11) is 5.96. The average Bonchev–Trinajstić information content (AvgIpc) is 2.67. The molecule has 0 saturated carbocycles. The smallest absolute Gasteiger partial charge is 0.155 e. The van der Waals surface area contributed by atoms with Crippen LogP contribution in [0.3, 0.4) is 0 Å². The van der Waals surface area contributed by atoms with Gasteiger partial charge in [-0.15, -0.1) is 0 Å². The lowest BCUT2D eigenvalue weighted by atomic mass is 10.0. The van der Waals surface area contributed by atoms with Gasteiger partial charge in [0.05, 0.1) is 12.2 Å². The second-order valence-corrected chi connectivity index (χ2v) is 4.92. The monoisotopic (exact) mass is 236 g/mol. The minimum Gasteiger partial charge on any atom is -0.303 e. The summed E-state index contributed by atoms with van der Waals surface area (Å²) in [6.45, 7) is 2.82. The molecule has 0 radical (unpaired) electrons. The van der Waals surface area contributed by atoms with Crippen LogP contribution in [-0.4, -0.2) is 65.1 Å². The number of carbonyl (C=O) groups excluding carboxylic acids is 1. The molecule has 0 N–H and O–H groups in total. The van der Waals surface area contributed by atoms with Gasteiger partial charge in [0.2, 0.25) is 0 Å². The minimum atomic E-state index is 0.0222. The molecule has 2 heterocycles. The van der Waals surface area contributed by atoms with Crippen LogP contribution in [0.4, 0.5) is 0 Å². The number of piperazine rings is 1. The molecule has 1 unspecified atom stereocenters. The Morgan fingerprint density at radius 2 is 2.18 bits per heavy atom. The van der Waals surface area contributed by atoms with Gasteiger partial charge in [-0.25, -0.2) is 0 Å². The first kappa shape index (κ1) is 12.3. The summed E-state index contributed by atoms with van der Waals surface area (Å²) in [6, 6.07) is 0.0222. The molecule has 1 saturated heterocycles. The molecule has 5 nitrogen and oxygen atoms in total. The van der Waals surface area contributed by atoms with Gasteiger partial charge in [-0.05, 0) is 19.7 Å². The molecule has 1 aliphatic rings. The van der Waals surface area contributed by atoms with Crippen molar-refractivity contribution in [2.24, 2.45) is 7.05 Å². The van der Waals surface area contributed by atoms with Crippen LogP contribution >= 0.6 is 0 Å². The Bertz CT molecular complexity index is 401. The van der Waals surface area contributed by atoms with Gasteiger partial charge in [0.15, 0.2) is 5.78 Å². The average molecular weight is 236 g/mol. The molecule has 0 aliphatic carbocycles. The van der Waals surface area contributed by atoms with Crippen molar-refractivity contribution in [1.29, 1.82) is 0 Å². The standard InChI is InChI=1S/C12H20N4O/c1-14-4-5-15(2)11(9-14)12(17)6-10-7-13-16(3)8-10/h7-8,11H,4-6,9H2,1-3H3. The molecule has 0 spiro atoms. The van der Waals surface area contributed by atoms with E-state index in [4.69, 9.17) is 0 Å². The number of Topliss-reactive ketones (excluding diaryl/α,β-unsaturated/α-hetero) is 1. The van der Waals surface area contributed by atoms with Crippen LogP contribution in [-0.2, 0) is 18.3 Å². The molecule has 1 atom stereocenters. The van der Waals surface area contributed by atoms with Crippen molar-refractivity contribution in [1.82, 2.24) is 19.6 Å². The first-order valence-corrected chi connectivity index (χ1v) is 5.95. The van der Waals surface area contributed by atoms with E-state index >= 15 is 0 Å². The van der Waals surface area contributed by atoms with Gasteiger partial charge in [0.1, 0.15) is 0 Å². The number of aryl methyl sites for hydroxylation is 1. The quantitative estimate of drug-likeness (QED) is 0.727. The third-order valence-electron chi connectivity index (χ3n) is 3.36. The summed E-state index contributed by atoms with van der Waals surface area (Å²) >= 11 is 0. The highest BCUT2D eigenvalue weighted by atomic mass is 16.1. The number of hydrogen-bond donors (Lipinski definition) is 0. The zero-order valence-corrected chi connectivity index (χ0v) is 10.8. The van der Waals surface area contributed by atoms with Gasteiger partial charge in [-0.1, -0.05) is 0 Å². The van der Waals surface area contributed by atoms with Crippen molar-refractivity contribution < 1.29 is 4.79 Å². The molecular weight excluding hydrogens is 216 g/mol. The van der Waals surface area contributed by atoms with Crippen LogP contribution in [0.5, 0.6) is 0 Å². The highest BCUT2D eigenvalue weighted by Crippen LogP contribution is 2.10. The first-order chi connectivity index (χ1) is 8.06. The zero-order chi connectivity index (χ0) is 12.4. The highest BCUT2D eigenvalue weighted by molar-refractivity contribution is 5.86. The predicted molar refractivity (Wildman–Crippen MR) is 65.8 cm³/mol. The fraction of sp³-hybridized carbons (Fsp3) is 0.667. The number of likely N-dealkylation sites (N-methyl/N-ethyl adjacent to an activating group) is 2. The molecule has 0 amide bonds. The first-order valence-electron chi connectivity index (χ1n) is 5.95. The Balaban J connectivity index is 1.99. The Morgan fingerprint density at radius 1 is 1.41 bits per heavy atom. The summed E-state index contributed by atoms with van der Waals surface area (Å²) in [6.07, 6.45) is 4.16. The van der Waals surface area contributed by atoms with Gasteiger partial charge in [-0.3, -0.25) is 14.4 Å². The molecule has 1 aromatic heterocycles. The lowest BCUT2D eigenvalue weighted by Crippen LogP contribution is -2.53. The molecule has 2 rings (SSSR count). The van der Waals surface area contributed by atoms with Crippen molar-refractivity contribution in [3.63, 3.8) is 0 Å². The van der Waals surface area contributed by atoms with E-state index in [9.17, 15) is 4.79 Å². The highest BCUT2D eigenvalue weighted by Gasteiger charge is 2.28. The van der Waals surface area contributed by atoms with Crippen LogP contribution < -0.4 is 0 Å². The van der Waals surface area contributed by atoms with Crippen molar-refractivity contribution in [2.45, 2.75) is 12.5 Å². The van der Waals surface area contributed by atoms with Crippen molar-refractivity contribution in [2.75, 3.05) is 33.7 Å². The largest absolute Gasteiger partial charge is 0.303 e. The SMILES string of the molecule is CN1CCN(C)C(C(=O)Cc2cnn(C)c2)C1. The molecular formula is C12H20N4O. The molecule has 1 aromatic rings. The second-order valence-electron chi connectivity index (χ2n) is 4.92. The predicted octanol–water partition coefficient (Wildman–Crippen LogP) is -0.222. The third-order valence-corrected chi connectivity index (χ3v) is 3.36. The van der Waals surface area contributed by atoms with Crippen molar-refractivity contribution in [3.8, 4) is 0 Å². The van der Waals surface area contributed by atoms with Crippen molar-refractivity contribution >= 4 is 5.78 Å². The number of carbonyl (C=O) groups is 1. The van der Waals surface area contributed by atoms with Gasteiger partial charge in [0.25, 0.3) is 0 Å². The molecule has 17 heavy (non-hydrogen) atoms. The van der Waals surface area contributed by atoms with E-state index in [1.165, 1.54) is 0 Å². The van der Waals surface area contributed by atoms with Crippen LogP contribution in [0, 0.1) is 0 Å². The molecule has 1 fully saturated rings. The van der Waals surface area contributed by atoms with E-state index in [1.54, 1.807) is 10.9 Å². The summed E-state index contributed by atoms with van der Waals surface area (Å²) in [5.41, 5.74) is 0.999. The summed E-state index contributed by atoms with van der Waals surface area (Å²) in [4.78, 5) is 16.6. The minimum absolute atomic E-state index is 0.0222. The van der Waals surface area contributed by atoms with E-state index in [-0.39, 0.29) is 11.8 Å². The summed E-state index contributed by atoms with van der Waals surface area (Å²) in [5, 5.41) is 4.09. The van der Waals surface area contributed by atoms with E-state index in [0.717, 1.165) is 25.2 Å². The van der Waals surface area contributed by atoms with Gasteiger partial charge >= 0.3 is 0 Å². The number of nitrogens with zero attached hydrogens (tertiary/aromatic N) is 4. The van der Waals surface area contributed by atoms with Gasteiger partial charge in [-0.2, -0.15) is 5.10 Å². The maximum atomic E-state index is 12.2. The van der Waals surface area contributed by atoms with Gasteiger partial charge in [0, 0.05) is 39.3 Å². The van der Waals surface area contributed by atoms with Crippen LogP contribution in [0.1, 0.15) is 5.56 Å². The lowest BCUT2D eigenvalue weighted by Gasteiger charge is -2.36. The van der Waals surface area contributed by atoms with Crippen LogP contribution in [0.25, 0.3) is 0 Å². The molecule has 0 bridgehead atoms. The normalized spacial score (nSPS) is 22.9. The fourth-order valence-corrected chi connectivity index (χ4v) is 2.24. The molecule has 1 aliphatic heterocycles. The second kappa shape index (κ2) is 4.98. The Kier molecular flexibility index (Phi) is 3.59. The van der Waals surface area contributed by atoms with E-state index in [1.807, 2.05) is 20.3 Å². The van der Waals surface area contributed by atoms with Crippen molar-refractivity contribution in [3.05, 3.63) is 18.0 Å².